The lowest BCUT2D eigenvalue weighted by Gasteiger charge is -2.39. The molecule has 1 aliphatic carbocycles. The van der Waals surface area contributed by atoms with Crippen LogP contribution in [0.15, 0.2) is 22.7 Å². The van der Waals surface area contributed by atoms with Crippen LogP contribution in [0.25, 0.3) is 11.3 Å². The molecule has 2 aromatic rings. The minimum atomic E-state index is -0.492. The van der Waals surface area contributed by atoms with Crippen LogP contribution >= 0.6 is 23.2 Å². The molecular weight excluding hydrogens is 461 g/mol. The highest BCUT2D eigenvalue weighted by molar-refractivity contribution is 6.39. The van der Waals surface area contributed by atoms with E-state index in [0.29, 0.717) is 28.0 Å². The number of carbonyl (C=O) groups excluding carboxylic acids is 1. The molecule has 3 heterocycles. The monoisotopic (exact) mass is 491 g/mol. The van der Waals surface area contributed by atoms with Crippen molar-refractivity contribution >= 4 is 29.3 Å². The Bertz CT molecular complexity index is 1010. The highest BCUT2D eigenvalue weighted by atomic mass is 35.5. The Hall–Kier alpha value is -1.76. The van der Waals surface area contributed by atoms with Crippen molar-refractivity contribution < 1.29 is 14.1 Å². The van der Waals surface area contributed by atoms with Crippen LogP contribution in [0, 0.1) is 0 Å². The van der Waals surface area contributed by atoms with Crippen molar-refractivity contribution in [3.63, 3.8) is 0 Å². The molecule has 0 radical (unpaired) electrons. The lowest BCUT2D eigenvalue weighted by atomic mass is 9.95. The number of hydrogen-bond acceptors (Lipinski definition) is 5. The number of ether oxygens (including phenoxy) is 1. The van der Waals surface area contributed by atoms with Crippen LogP contribution in [0.2, 0.25) is 10.0 Å². The average molecular weight is 492 g/mol. The number of amides is 1. The number of fused-ring (bicyclic) bond motifs is 2. The molecule has 2 bridgehead atoms. The minimum Gasteiger partial charge on any atom is -0.444 e. The first-order valence-corrected chi connectivity index (χ1v) is 12.6. The number of piperidine rings is 1. The number of aromatic nitrogens is 1. The maximum atomic E-state index is 12.3. The first kappa shape index (κ1) is 23.0. The molecule has 178 valence electrons. The van der Waals surface area contributed by atoms with Gasteiger partial charge in [-0.25, -0.2) is 4.79 Å². The van der Waals surface area contributed by atoms with Gasteiger partial charge >= 0.3 is 6.09 Å². The third-order valence-electron chi connectivity index (χ3n) is 6.91. The Morgan fingerprint density at radius 2 is 1.79 bits per heavy atom. The zero-order chi connectivity index (χ0) is 23.3. The number of halogens is 2. The quantitative estimate of drug-likeness (QED) is 0.513. The van der Waals surface area contributed by atoms with Crippen LogP contribution in [0.1, 0.15) is 76.5 Å². The Balaban J connectivity index is 1.36. The largest absolute Gasteiger partial charge is 0.444 e. The van der Waals surface area contributed by atoms with Crippen LogP contribution < -0.4 is 5.32 Å². The second-order valence-electron chi connectivity index (χ2n) is 10.6. The molecule has 5 rings (SSSR count). The van der Waals surface area contributed by atoms with Crippen LogP contribution in [0.5, 0.6) is 0 Å². The average Bonchev–Trinajstić information content (AvgIpc) is 3.43. The Morgan fingerprint density at radius 3 is 2.36 bits per heavy atom. The minimum absolute atomic E-state index is 0.136. The Labute approximate surface area is 204 Å². The van der Waals surface area contributed by atoms with Gasteiger partial charge < -0.3 is 14.6 Å². The summed E-state index contributed by atoms with van der Waals surface area (Å²) in [5.74, 6) is 1.42. The number of nitrogens with one attached hydrogen (secondary N) is 1. The van der Waals surface area contributed by atoms with Crippen molar-refractivity contribution in [2.24, 2.45) is 0 Å². The number of hydrogen-bond donors (Lipinski definition) is 1. The van der Waals surface area contributed by atoms with Gasteiger partial charge in [-0.15, -0.1) is 0 Å². The maximum Gasteiger partial charge on any atom is 0.407 e. The predicted molar refractivity (Wildman–Crippen MR) is 129 cm³/mol. The Morgan fingerprint density at radius 1 is 1.15 bits per heavy atom. The number of alkyl carbamates (subject to hydrolysis) is 1. The van der Waals surface area contributed by atoms with E-state index in [9.17, 15) is 4.79 Å². The normalized spacial score (nSPS) is 25.3. The first-order chi connectivity index (χ1) is 15.7. The smallest absolute Gasteiger partial charge is 0.407 e. The van der Waals surface area contributed by atoms with E-state index in [1.54, 1.807) is 0 Å². The molecule has 1 amide bonds. The molecule has 1 saturated carbocycles. The van der Waals surface area contributed by atoms with Crippen LogP contribution in [0.4, 0.5) is 4.79 Å². The van der Waals surface area contributed by atoms with Crippen LogP contribution in [0.3, 0.4) is 0 Å². The van der Waals surface area contributed by atoms with E-state index in [0.717, 1.165) is 67.7 Å². The molecule has 33 heavy (non-hydrogen) atoms. The van der Waals surface area contributed by atoms with E-state index in [1.807, 2.05) is 39.0 Å². The summed E-state index contributed by atoms with van der Waals surface area (Å²) in [5.41, 5.74) is 2.14. The fourth-order valence-corrected chi connectivity index (χ4v) is 5.94. The summed E-state index contributed by atoms with van der Waals surface area (Å²) in [7, 11) is 0. The zero-order valence-electron chi connectivity index (χ0n) is 19.4. The molecule has 1 aromatic heterocycles. The molecule has 8 heteroatoms. The molecule has 0 spiro atoms. The molecule has 2 unspecified atom stereocenters. The molecule has 2 atom stereocenters. The first-order valence-electron chi connectivity index (χ1n) is 11.9. The molecule has 3 fully saturated rings. The van der Waals surface area contributed by atoms with Crippen molar-refractivity contribution in [1.82, 2.24) is 15.4 Å². The summed E-state index contributed by atoms with van der Waals surface area (Å²) in [6.45, 7) is 6.43. The fraction of sp³-hybridized carbons (Fsp3) is 0.600. The third-order valence-corrected chi connectivity index (χ3v) is 7.54. The van der Waals surface area contributed by atoms with Gasteiger partial charge in [0.25, 0.3) is 0 Å². The second kappa shape index (κ2) is 8.79. The zero-order valence-corrected chi connectivity index (χ0v) is 20.9. The van der Waals surface area contributed by atoms with Crippen molar-refractivity contribution in [3.05, 3.63) is 39.6 Å². The van der Waals surface area contributed by atoms with E-state index in [1.165, 1.54) is 0 Å². The van der Waals surface area contributed by atoms with E-state index >= 15 is 0 Å². The van der Waals surface area contributed by atoms with Crippen LogP contribution in [-0.2, 0) is 11.3 Å². The van der Waals surface area contributed by atoms with Gasteiger partial charge in [-0.3, -0.25) is 4.90 Å². The SMILES string of the molecule is CC(C)(C)OC(=O)NC1CC2CCC(C1)N2Cc1c(-c2c(Cl)cccc2Cl)noc1C1CC1. The highest BCUT2D eigenvalue weighted by Gasteiger charge is 2.43. The molecule has 2 aliphatic heterocycles. The van der Waals surface area contributed by atoms with Gasteiger partial charge in [0.1, 0.15) is 17.1 Å². The molecule has 2 saturated heterocycles. The Kier molecular flexibility index (Phi) is 6.13. The number of benzene rings is 1. The standard InChI is InChI=1S/C25H31Cl2N3O3/c1-25(2,3)32-24(31)28-15-11-16-9-10-17(12-15)30(16)13-18-22(29-33-23(18)14-7-8-14)21-19(26)5-4-6-20(21)27/h4-6,14-17H,7-13H2,1-3H3,(H,28,31). The number of nitrogens with zero attached hydrogens (tertiary/aromatic N) is 2. The predicted octanol–water partition coefficient (Wildman–Crippen LogP) is 6.55. The summed E-state index contributed by atoms with van der Waals surface area (Å²) in [5, 5.41) is 8.71. The van der Waals surface area contributed by atoms with Gasteiger partial charge in [-0.1, -0.05) is 34.4 Å². The van der Waals surface area contributed by atoms with E-state index in [2.05, 4.69) is 15.4 Å². The summed E-state index contributed by atoms with van der Waals surface area (Å²) in [6, 6.07) is 6.47. The highest BCUT2D eigenvalue weighted by Crippen LogP contribution is 2.47. The number of rotatable bonds is 5. The fourth-order valence-electron chi connectivity index (χ4n) is 5.37. The van der Waals surface area contributed by atoms with Gasteiger partial charge in [0.15, 0.2) is 0 Å². The van der Waals surface area contributed by atoms with Gasteiger partial charge in [0.2, 0.25) is 0 Å². The van der Waals surface area contributed by atoms with Gasteiger partial charge in [-0.2, -0.15) is 0 Å². The maximum absolute atomic E-state index is 12.3. The van der Waals surface area contributed by atoms with Gasteiger partial charge in [0, 0.05) is 41.7 Å². The summed E-state index contributed by atoms with van der Waals surface area (Å²) in [6.07, 6.45) is 6.03. The molecule has 1 N–H and O–H groups in total. The number of carbonyl (C=O) groups is 1. The van der Waals surface area contributed by atoms with Crippen molar-refractivity contribution in [2.75, 3.05) is 0 Å². The van der Waals surface area contributed by atoms with E-state index in [4.69, 9.17) is 32.5 Å². The topological polar surface area (TPSA) is 67.6 Å². The lowest BCUT2D eigenvalue weighted by molar-refractivity contribution is 0.0436. The summed E-state index contributed by atoms with van der Waals surface area (Å²) in [4.78, 5) is 14.9. The lowest BCUT2D eigenvalue weighted by Crippen LogP contribution is -2.50. The van der Waals surface area contributed by atoms with Gasteiger partial charge in [-0.05, 0) is 71.4 Å². The second-order valence-corrected chi connectivity index (χ2v) is 11.4. The molecule has 3 aliphatic rings. The van der Waals surface area contributed by atoms with E-state index < -0.39 is 5.60 Å². The molecule has 6 nitrogen and oxygen atoms in total. The van der Waals surface area contributed by atoms with Gasteiger partial charge in [0.05, 0.1) is 10.0 Å². The summed E-state index contributed by atoms with van der Waals surface area (Å²) < 4.78 is 11.3. The van der Waals surface area contributed by atoms with Crippen molar-refractivity contribution in [1.29, 1.82) is 0 Å². The third kappa shape index (κ3) is 4.89. The van der Waals surface area contributed by atoms with Crippen LogP contribution in [-0.4, -0.2) is 39.9 Å². The van der Waals surface area contributed by atoms with E-state index in [-0.39, 0.29) is 12.1 Å². The summed E-state index contributed by atoms with van der Waals surface area (Å²) >= 11 is 13.1. The molecular formula is C25H31Cl2N3O3. The van der Waals surface area contributed by atoms with Crippen molar-refractivity contribution in [3.8, 4) is 11.3 Å². The molecule has 1 aromatic carbocycles. The van der Waals surface area contributed by atoms with Crippen molar-refractivity contribution in [2.45, 2.75) is 95.5 Å².